The largest absolute Gasteiger partial charge is 0.465 e. The van der Waals surface area contributed by atoms with Gasteiger partial charge in [0.15, 0.2) is 0 Å². The summed E-state index contributed by atoms with van der Waals surface area (Å²) in [6.07, 6.45) is 6.72. The molecule has 1 saturated heterocycles. The minimum Gasteiger partial charge on any atom is -0.465 e. The number of rotatable bonds is 5. The van der Waals surface area contributed by atoms with Crippen molar-refractivity contribution in [2.45, 2.75) is 18.9 Å². The van der Waals surface area contributed by atoms with Crippen LogP contribution in [0, 0.1) is 0 Å². The Morgan fingerprint density at radius 2 is 2.29 bits per heavy atom. The molecule has 1 aliphatic heterocycles. The number of likely N-dealkylation sites (tertiary alicyclic amines) is 1. The van der Waals surface area contributed by atoms with E-state index in [9.17, 15) is 9.90 Å². The smallest absolute Gasteiger partial charge is 0.254 e. The molecule has 2 aromatic rings. The number of amides is 1. The maximum absolute atomic E-state index is 12.5. The van der Waals surface area contributed by atoms with Crippen molar-refractivity contribution in [3.05, 3.63) is 60.1 Å². The van der Waals surface area contributed by atoms with Crippen LogP contribution in [-0.4, -0.2) is 41.7 Å². The molecule has 1 unspecified atom stereocenters. The average Bonchev–Trinajstić information content (AvgIpc) is 3.12. The van der Waals surface area contributed by atoms with Crippen molar-refractivity contribution in [2.24, 2.45) is 0 Å². The molecular formula is C19H22N2O3. The highest BCUT2D eigenvalue weighted by Gasteiger charge is 2.23. The summed E-state index contributed by atoms with van der Waals surface area (Å²) in [6.45, 7) is 1.77. The van der Waals surface area contributed by atoms with Gasteiger partial charge in [-0.15, -0.1) is 0 Å². The molecule has 0 bridgehead atoms. The Kier molecular flexibility index (Phi) is 5.33. The molecule has 126 valence electrons. The summed E-state index contributed by atoms with van der Waals surface area (Å²) in [5.41, 5.74) is 1.53. The molecule has 1 fully saturated rings. The highest BCUT2D eigenvalue weighted by molar-refractivity contribution is 5.95. The van der Waals surface area contributed by atoms with Crippen LogP contribution in [0.4, 0.5) is 5.69 Å². The molecule has 1 aromatic heterocycles. The lowest BCUT2D eigenvalue weighted by Crippen LogP contribution is -2.42. The van der Waals surface area contributed by atoms with Crippen LogP contribution >= 0.6 is 0 Å². The lowest BCUT2D eigenvalue weighted by Gasteiger charge is -2.30. The Hall–Kier alpha value is -2.53. The normalized spacial score (nSPS) is 18.0. The zero-order chi connectivity index (χ0) is 16.8. The molecule has 0 aliphatic carbocycles. The number of hydrogen-bond donors (Lipinski definition) is 2. The third-order valence-corrected chi connectivity index (χ3v) is 4.04. The number of β-amino-alcohol motifs (C(OH)–C–C–N with tert-alkyl or cyclic N) is 1. The van der Waals surface area contributed by atoms with Crippen LogP contribution in [0.3, 0.4) is 0 Å². The average molecular weight is 326 g/mol. The molecule has 1 amide bonds. The first kappa shape index (κ1) is 16.3. The predicted octanol–water partition coefficient (Wildman–Crippen LogP) is 3.00. The number of benzene rings is 1. The predicted molar refractivity (Wildman–Crippen MR) is 93.8 cm³/mol. The van der Waals surface area contributed by atoms with Crippen LogP contribution in [0.2, 0.25) is 0 Å². The summed E-state index contributed by atoms with van der Waals surface area (Å²) in [5.74, 6) is 0.785. The number of hydrogen-bond acceptors (Lipinski definition) is 4. The minimum absolute atomic E-state index is 0.0245. The topological polar surface area (TPSA) is 65.7 Å². The molecule has 1 atom stereocenters. The number of nitrogens with zero attached hydrogens (tertiary/aromatic N) is 1. The van der Waals surface area contributed by atoms with Crippen LogP contribution in [-0.2, 0) is 0 Å². The second kappa shape index (κ2) is 7.84. The Morgan fingerprint density at radius 1 is 1.38 bits per heavy atom. The summed E-state index contributed by atoms with van der Waals surface area (Å²) < 4.78 is 5.23. The molecule has 2 heterocycles. The van der Waals surface area contributed by atoms with Crippen molar-refractivity contribution in [1.29, 1.82) is 0 Å². The van der Waals surface area contributed by atoms with E-state index >= 15 is 0 Å². The van der Waals surface area contributed by atoms with Gasteiger partial charge in [0.1, 0.15) is 5.76 Å². The monoisotopic (exact) mass is 326 g/mol. The third-order valence-electron chi connectivity index (χ3n) is 4.04. The number of carbonyl (C=O) groups excluding carboxylic acids is 1. The summed E-state index contributed by atoms with van der Waals surface area (Å²) in [6, 6.07) is 11.2. The summed E-state index contributed by atoms with van der Waals surface area (Å²) in [5, 5.41) is 13.0. The molecule has 0 radical (unpaired) electrons. The molecule has 24 heavy (non-hydrogen) atoms. The fourth-order valence-corrected chi connectivity index (χ4v) is 2.82. The Morgan fingerprint density at radius 3 is 3.08 bits per heavy atom. The second-order valence-corrected chi connectivity index (χ2v) is 5.93. The van der Waals surface area contributed by atoms with Gasteiger partial charge < -0.3 is 19.7 Å². The van der Waals surface area contributed by atoms with Gasteiger partial charge >= 0.3 is 0 Å². The molecule has 0 saturated carbocycles. The maximum Gasteiger partial charge on any atom is 0.254 e. The van der Waals surface area contributed by atoms with Crippen LogP contribution in [0.1, 0.15) is 29.0 Å². The van der Waals surface area contributed by atoms with Gasteiger partial charge in [-0.2, -0.15) is 0 Å². The first-order valence-electron chi connectivity index (χ1n) is 8.24. The Labute approximate surface area is 141 Å². The third kappa shape index (κ3) is 4.26. The van der Waals surface area contributed by atoms with E-state index in [1.54, 1.807) is 11.2 Å². The van der Waals surface area contributed by atoms with Gasteiger partial charge in [0.25, 0.3) is 5.91 Å². The van der Waals surface area contributed by atoms with Gasteiger partial charge in [-0.25, -0.2) is 0 Å². The van der Waals surface area contributed by atoms with E-state index in [-0.39, 0.29) is 5.91 Å². The zero-order valence-corrected chi connectivity index (χ0v) is 13.5. The molecule has 0 spiro atoms. The lowest BCUT2D eigenvalue weighted by atomic mass is 10.1. The van der Waals surface area contributed by atoms with E-state index < -0.39 is 6.10 Å². The van der Waals surface area contributed by atoms with E-state index in [0.717, 1.165) is 24.3 Å². The van der Waals surface area contributed by atoms with Gasteiger partial charge in [-0.3, -0.25) is 4.79 Å². The number of anilines is 1. The number of furan rings is 1. The molecular weight excluding hydrogens is 304 g/mol. The van der Waals surface area contributed by atoms with Gasteiger partial charge in [0.2, 0.25) is 0 Å². The van der Waals surface area contributed by atoms with E-state index in [0.29, 0.717) is 25.2 Å². The fraction of sp³-hybridized carbons (Fsp3) is 0.316. The van der Waals surface area contributed by atoms with Crippen molar-refractivity contribution < 1.29 is 14.3 Å². The zero-order valence-electron chi connectivity index (χ0n) is 13.5. The number of carbonyl (C=O) groups is 1. The molecule has 1 aromatic carbocycles. The van der Waals surface area contributed by atoms with Crippen molar-refractivity contribution in [2.75, 3.05) is 25.0 Å². The summed E-state index contributed by atoms with van der Waals surface area (Å²) >= 11 is 0. The Balaban J connectivity index is 1.58. The quantitative estimate of drug-likeness (QED) is 0.886. The SMILES string of the molecule is O=C(c1cccc(NCC=Cc2ccco2)c1)N1CCCC(O)C1. The van der Waals surface area contributed by atoms with E-state index in [2.05, 4.69) is 5.32 Å². The van der Waals surface area contributed by atoms with Crippen LogP contribution in [0.25, 0.3) is 6.08 Å². The van der Waals surface area contributed by atoms with Gasteiger partial charge in [0.05, 0.1) is 12.4 Å². The second-order valence-electron chi connectivity index (χ2n) is 5.93. The number of aliphatic hydroxyl groups excluding tert-OH is 1. The van der Waals surface area contributed by atoms with E-state index in [1.807, 2.05) is 48.6 Å². The molecule has 3 rings (SSSR count). The highest BCUT2D eigenvalue weighted by atomic mass is 16.3. The van der Waals surface area contributed by atoms with Crippen molar-refractivity contribution in [3.63, 3.8) is 0 Å². The van der Waals surface area contributed by atoms with Crippen molar-refractivity contribution in [3.8, 4) is 0 Å². The lowest BCUT2D eigenvalue weighted by molar-refractivity contribution is 0.0474. The summed E-state index contributed by atoms with van der Waals surface area (Å²) in [7, 11) is 0. The minimum atomic E-state index is -0.407. The number of piperidine rings is 1. The number of nitrogens with one attached hydrogen (secondary N) is 1. The maximum atomic E-state index is 12.5. The molecule has 5 heteroatoms. The van der Waals surface area contributed by atoms with Crippen LogP contribution < -0.4 is 5.32 Å². The first-order valence-corrected chi connectivity index (χ1v) is 8.24. The molecule has 5 nitrogen and oxygen atoms in total. The summed E-state index contributed by atoms with van der Waals surface area (Å²) in [4.78, 5) is 14.3. The van der Waals surface area contributed by atoms with Gasteiger partial charge in [-0.1, -0.05) is 12.1 Å². The van der Waals surface area contributed by atoms with Crippen LogP contribution in [0.15, 0.2) is 53.2 Å². The van der Waals surface area contributed by atoms with Crippen LogP contribution in [0.5, 0.6) is 0 Å². The number of aliphatic hydroxyl groups is 1. The first-order chi connectivity index (χ1) is 11.7. The van der Waals surface area contributed by atoms with E-state index in [1.165, 1.54) is 0 Å². The fourth-order valence-electron chi connectivity index (χ4n) is 2.82. The van der Waals surface area contributed by atoms with Gasteiger partial charge in [-0.05, 0) is 49.2 Å². The standard InChI is InChI=1S/C19H22N2O3/c22-17-7-3-11-21(14-17)19(23)15-5-1-6-16(13-15)20-10-2-8-18-9-4-12-24-18/h1-2,4-6,8-9,12-13,17,20,22H,3,7,10-11,14H2. The van der Waals surface area contributed by atoms with Crippen molar-refractivity contribution in [1.82, 2.24) is 4.90 Å². The Bertz CT molecular complexity index is 694. The molecule has 2 N–H and O–H groups in total. The van der Waals surface area contributed by atoms with Crippen molar-refractivity contribution >= 4 is 17.7 Å². The van der Waals surface area contributed by atoms with E-state index in [4.69, 9.17) is 4.42 Å². The van der Waals surface area contributed by atoms with Gasteiger partial charge in [0, 0.05) is 30.9 Å². The molecule has 1 aliphatic rings. The highest BCUT2D eigenvalue weighted by Crippen LogP contribution is 2.16.